The fourth-order valence-electron chi connectivity index (χ4n) is 3.29. The number of fused-ring (bicyclic) bond motifs is 1. The highest BCUT2D eigenvalue weighted by molar-refractivity contribution is 6.04. The summed E-state index contributed by atoms with van der Waals surface area (Å²) in [5.74, 6) is 0.436. The van der Waals surface area contributed by atoms with Crippen LogP contribution in [0.4, 0.5) is 5.95 Å². The summed E-state index contributed by atoms with van der Waals surface area (Å²) in [6.07, 6.45) is 4.59. The van der Waals surface area contributed by atoms with E-state index in [4.69, 9.17) is 0 Å². The zero-order valence-corrected chi connectivity index (χ0v) is 14.8. The number of carbonyl (C=O) groups is 2. The second kappa shape index (κ2) is 6.66. The van der Waals surface area contributed by atoms with Crippen molar-refractivity contribution < 1.29 is 9.59 Å². The Morgan fingerprint density at radius 1 is 1.24 bits per heavy atom. The van der Waals surface area contributed by atoms with E-state index in [-0.39, 0.29) is 17.1 Å². The molecule has 2 heterocycles. The van der Waals surface area contributed by atoms with E-state index in [2.05, 4.69) is 39.4 Å². The number of rotatable bonds is 5. The van der Waals surface area contributed by atoms with E-state index in [0.717, 1.165) is 17.7 Å². The first-order valence-corrected chi connectivity index (χ1v) is 8.41. The summed E-state index contributed by atoms with van der Waals surface area (Å²) >= 11 is 0. The summed E-state index contributed by atoms with van der Waals surface area (Å²) in [4.78, 5) is 36.1. The maximum atomic E-state index is 12.4. The quantitative estimate of drug-likeness (QED) is 0.723. The molecule has 132 valence electrons. The van der Waals surface area contributed by atoms with Crippen molar-refractivity contribution in [2.45, 2.75) is 33.6 Å². The number of nitrogens with zero attached hydrogens (tertiary/aromatic N) is 2. The highest BCUT2D eigenvalue weighted by Crippen LogP contribution is 2.36. The number of anilines is 1. The van der Waals surface area contributed by atoms with Crippen molar-refractivity contribution in [2.24, 2.45) is 5.41 Å². The fraction of sp³-hybridized carbons (Fsp3) is 0.444. The van der Waals surface area contributed by atoms with E-state index >= 15 is 0 Å². The molecule has 25 heavy (non-hydrogen) atoms. The minimum atomic E-state index is -0.201. The minimum Gasteiger partial charge on any atom is -0.354 e. The number of nitrogens with one attached hydrogen (secondary N) is 3. The standard InChI is InChI=1S/C18H23N5O2/c1-11-14-12(9-18(2,3)10-13(14)24)23-15(11)16(25)19-7-8-22-17-20-5-4-6-21-17/h4-6,23H,7-10H2,1-3H3,(H,19,25)(H,20,21,22). The fourth-order valence-corrected chi connectivity index (χ4v) is 3.29. The Morgan fingerprint density at radius 3 is 2.68 bits per heavy atom. The summed E-state index contributed by atoms with van der Waals surface area (Å²) in [5.41, 5.74) is 2.72. The first kappa shape index (κ1) is 17.1. The Bertz CT molecular complexity index is 795. The second-order valence-electron chi connectivity index (χ2n) is 7.17. The Kier molecular flexibility index (Phi) is 4.57. The predicted molar refractivity (Wildman–Crippen MR) is 94.8 cm³/mol. The van der Waals surface area contributed by atoms with Gasteiger partial charge in [-0.15, -0.1) is 0 Å². The van der Waals surface area contributed by atoms with Crippen LogP contribution in [0.15, 0.2) is 18.5 Å². The summed E-state index contributed by atoms with van der Waals surface area (Å²) in [7, 11) is 0. The number of hydrogen-bond acceptors (Lipinski definition) is 5. The molecule has 7 heteroatoms. The van der Waals surface area contributed by atoms with Crippen LogP contribution < -0.4 is 10.6 Å². The van der Waals surface area contributed by atoms with Crippen molar-refractivity contribution >= 4 is 17.6 Å². The molecule has 0 aliphatic heterocycles. The molecule has 0 atom stereocenters. The van der Waals surface area contributed by atoms with Crippen molar-refractivity contribution in [3.63, 3.8) is 0 Å². The van der Waals surface area contributed by atoms with Gasteiger partial charge in [0.1, 0.15) is 5.69 Å². The monoisotopic (exact) mass is 341 g/mol. The van der Waals surface area contributed by atoms with Gasteiger partial charge in [-0.2, -0.15) is 0 Å². The molecule has 0 radical (unpaired) electrons. The number of hydrogen-bond donors (Lipinski definition) is 3. The first-order chi connectivity index (χ1) is 11.9. The Morgan fingerprint density at radius 2 is 1.96 bits per heavy atom. The largest absolute Gasteiger partial charge is 0.354 e. The summed E-state index contributed by atoms with van der Waals surface area (Å²) in [5, 5.41) is 5.89. The van der Waals surface area contributed by atoms with Gasteiger partial charge >= 0.3 is 0 Å². The number of Topliss-reactive ketones (excluding diaryl/α,β-unsaturated/α-hetero) is 1. The van der Waals surface area contributed by atoms with Crippen LogP contribution in [0.3, 0.4) is 0 Å². The number of aromatic nitrogens is 3. The Hall–Kier alpha value is -2.70. The topological polar surface area (TPSA) is 99.8 Å². The molecule has 0 aromatic carbocycles. The molecule has 1 aliphatic carbocycles. The maximum absolute atomic E-state index is 12.4. The van der Waals surface area contributed by atoms with Crippen LogP contribution in [0.1, 0.15) is 52.4 Å². The normalized spacial score (nSPS) is 15.6. The number of H-pyrrole nitrogens is 1. The van der Waals surface area contributed by atoms with Crippen molar-refractivity contribution in [3.05, 3.63) is 41.0 Å². The highest BCUT2D eigenvalue weighted by Gasteiger charge is 2.35. The van der Waals surface area contributed by atoms with Gasteiger partial charge in [-0.3, -0.25) is 9.59 Å². The van der Waals surface area contributed by atoms with Gasteiger partial charge in [-0.25, -0.2) is 9.97 Å². The molecular weight excluding hydrogens is 318 g/mol. The summed E-state index contributed by atoms with van der Waals surface area (Å²) in [6, 6.07) is 1.74. The van der Waals surface area contributed by atoms with Crippen LogP contribution in [-0.2, 0) is 6.42 Å². The van der Waals surface area contributed by atoms with Crippen LogP contribution >= 0.6 is 0 Å². The SMILES string of the molecule is Cc1c(C(=O)NCCNc2ncccn2)[nH]c2c1C(=O)CC(C)(C)C2. The third kappa shape index (κ3) is 3.70. The number of aromatic amines is 1. The lowest BCUT2D eigenvalue weighted by atomic mass is 9.75. The molecule has 3 rings (SSSR count). The first-order valence-electron chi connectivity index (χ1n) is 8.41. The van der Waals surface area contributed by atoms with Gasteiger partial charge in [0.05, 0.1) is 0 Å². The van der Waals surface area contributed by atoms with Gasteiger partial charge in [0.15, 0.2) is 5.78 Å². The maximum Gasteiger partial charge on any atom is 0.268 e. The Labute approximate surface area is 146 Å². The molecule has 0 saturated carbocycles. The van der Waals surface area contributed by atoms with Crippen LogP contribution in [0.25, 0.3) is 0 Å². The molecular formula is C18H23N5O2. The van der Waals surface area contributed by atoms with Gasteiger partial charge < -0.3 is 15.6 Å². The lowest BCUT2D eigenvalue weighted by molar-refractivity contribution is 0.0909. The van der Waals surface area contributed by atoms with Crippen LogP contribution in [0.2, 0.25) is 0 Å². The smallest absolute Gasteiger partial charge is 0.268 e. The van der Waals surface area contributed by atoms with E-state index in [1.165, 1.54) is 0 Å². The van der Waals surface area contributed by atoms with Gasteiger partial charge in [-0.05, 0) is 30.4 Å². The van der Waals surface area contributed by atoms with Gasteiger partial charge in [0.25, 0.3) is 5.91 Å². The van der Waals surface area contributed by atoms with Gasteiger partial charge in [0.2, 0.25) is 5.95 Å². The van der Waals surface area contributed by atoms with Crippen molar-refractivity contribution in [2.75, 3.05) is 18.4 Å². The summed E-state index contributed by atoms with van der Waals surface area (Å²) in [6.45, 7) is 6.92. The molecule has 1 aliphatic rings. The average Bonchev–Trinajstić information content (AvgIpc) is 2.88. The molecule has 0 saturated heterocycles. The third-order valence-electron chi connectivity index (χ3n) is 4.39. The van der Waals surface area contributed by atoms with E-state index in [9.17, 15) is 9.59 Å². The lowest BCUT2D eigenvalue weighted by Crippen LogP contribution is -2.29. The van der Waals surface area contributed by atoms with Crippen molar-refractivity contribution in [1.29, 1.82) is 0 Å². The summed E-state index contributed by atoms with van der Waals surface area (Å²) < 4.78 is 0. The molecule has 2 aromatic rings. The van der Waals surface area contributed by atoms with E-state index in [1.54, 1.807) is 18.5 Å². The van der Waals surface area contributed by atoms with Crippen molar-refractivity contribution in [1.82, 2.24) is 20.3 Å². The van der Waals surface area contributed by atoms with E-state index < -0.39 is 0 Å². The molecule has 0 fully saturated rings. The average molecular weight is 341 g/mol. The van der Waals surface area contributed by atoms with E-state index in [0.29, 0.717) is 36.7 Å². The molecule has 7 nitrogen and oxygen atoms in total. The van der Waals surface area contributed by atoms with Crippen LogP contribution in [0, 0.1) is 12.3 Å². The molecule has 1 amide bonds. The molecule has 0 spiro atoms. The molecule has 0 unspecified atom stereocenters. The van der Waals surface area contributed by atoms with Gasteiger partial charge in [0, 0.05) is 43.2 Å². The Balaban J connectivity index is 1.62. The van der Waals surface area contributed by atoms with Crippen LogP contribution in [0.5, 0.6) is 0 Å². The lowest BCUT2D eigenvalue weighted by Gasteiger charge is -2.28. The van der Waals surface area contributed by atoms with Crippen molar-refractivity contribution in [3.8, 4) is 0 Å². The number of amides is 1. The zero-order chi connectivity index (χ0) is 18.0. The molecule has 0 bridgehead atoms. The second-order valence-corrected chi connectivity index (χ2v) is 7.17. The molecule has 3 N–H and O–H groups in total. The van der Waals surface area contributed by atoms with Crippen LogP contribution in [-0.4, -0.2) is 39.7 Å². The number of carbonyl (C=O) groups excluding carboxylic acids is 2. The minimum absolute atomic E-state index is 0.0747. The zero-order valence-electron chi connectivity index (χ0n) is 14.8. The highest BCUT2D eigenvalue weighted by atomic mass is 16.2. The molecule has 2 aromatic heterocycles. The van der Waals surface area contributed by atoms with Gasteiger partial charge in [-0.1, -0.05) is 13.8 Å². The number of ketones is 1. The third-order valence-corrected chi connectivity index (χ3v) is 4.39. The van der Waals surface area contributed by atoms with E-state index in [1.807, 2.05) is 6.92 Å². The predicted octanol–water partition coefficient (Wildman–Crippen LogP) is 2.11.